The molecule has 5 rings (SSSR count). The van der Waals surface area contributed by atoms with E-state index < -0.39 is 29.5 Å². The maximum Gasteiger partial charge on any atom is 0.230 e. The number of carboxylic acid groups (broad SMARTS) is 1. The van der Waals surface area contributed by atoms with Crippen molar-refractivity contribution in [1.29, 1.82) is 0 Å². The lowest BCUT2D eigenvalue weighted by molar-refractivity contribution is -0.313. The van der Waals surface area contributed by atoms with Gasteiger partial charge in [-0.15, -0.1) is 0 Å². The molecule has 126 valence electrons. The molecule has 2 fully saturated rings. The van der Waals surface area contributed by atoms with Crippen LogP contribution in [0.2, 0.25) is 0 Å². The highest BCUT2D eigenvalue weighted by molar-refractivity contribution is 5.91. The van der Waals surface area contributed by atoms with Gasteiger partial charge in [0.1, 0.15) is 5.60 Å². The molecule has 0 saturated carbocycles. The first-order valence-corrected chi connectivity index (χ1v) is 8.42. The standard InChI is InChI=1S/C20H17NO4/c22-18-17-16(19(23)24)15-8-9-20(17,25-15)11-21(18)10-13-6-3-5-12-4-1-2-7-14(12)13/h1-9,15-17H,10-11H2,(H,23,24)/p-1/t15-,16-,17+,20+/m0/s1. The summed E-state index contributed by atoms with van der Waals surface area (Å²) < 4.78 is 5.89. The van der Waals surface area contributed by atoms with Gasteiger partial charge in [0.2, 0.25) is 5.91 Å². The third-order valence-electron chi connectivity index (χ3n) is 5.69. The van der Waals surface area contributed by atoms with Gasteiger partial charge >= 0.3 is 0 Å². The fourth-order valence-electron chi connectivity index (χ4n) is 4.62. The average Bonchev–Trinajstić information content (AvgIpc) is 3.24. The number of amides is 1. The van der Waals surface area contributed by atoms with E-state index in [1.807, 2.05) is 48.5 Å². The molecule has 5 heteroatoms. The van der Waals surface area contributed by atoms with Gasteiger partial charge in [-0.3, -0.25) is 4.79 Å². The quantitative estimate of drug-likeness (QED) is 0.781. The summed E-state index contributed by atoms with van der Waals surface area (Å²) in [5.74, 6) is -2.94. The van der Waals surface area contributed by atoms with Crippen molar-refractivity contribution in [1.82, 2.24) is 4.90 Å². The van der Waals surface area contributed by atoms with Gasteiger partial charge in [-0.2, -0.15) is 0 Å². The van der Waals surface area contributed by atoms with Crippen LogP contribution in [0, 0.1) is 11.8 Å². The highest BCUT2D eigenvalue weighted by Crippen LogP contribution is 2.51. The lowest BCUT2D eigenvalue weighted by Crippen LogP contribution is -2.45. The van der Waals surface area contributed by atoms with Crippen LogP contribution in [-0.2, 0) is 20.9 Å². The monoisotopic (exact) mass is 334 g/mol. The lowest BCUT2D eigenvalue weighted by Gasteiger charge is -2.24. The zero-order valence-corrected chi connectivity index (χ0v) is 13.4. The minimum absolute atomic E-state index is 0.158. The maximum absolute atomic E-state index is 12.9. The first-order valence-electron chi connectivity index (χ1n) is 8.42. The largest absolute Gasteiger partial charge is 0.550 e. The minimum atomic E-state index is -1.21. The number of fused-ring (bicyclic) bond motifs is 2. The third kappa shape index (κ3) is 1.93. The summed E-state index contributed by atoms with van der Waals surface area (Å²) in [6.07, 6.45) is 3.08. The van der Waals surface area contributed by atoms with Crippen molar-refractivity contribution in [3.63, 3.8) is 0 Å². The Balaban J connectivity index is 1.50. The van der Waals surface area contributed by atoms with Crippen molar-refractivity contribution in [2.75, 3.05) is 6.54 Å². The Hall–Kier alpha value is -2.66. The van der Waals surface area contributed by atoms with E-state index in [2.05, 4.69) is 0 Å². The van der Waals surface area contributed by atoms with Crippen molar-refractivity contribution >= 4 is 22.6 Å². The van der Waals surface area contributed by atoms with Crippen molar-refractivity contribution in [3.05, 3.63) is 60.2 Å². The number of likely N-dealkylation sites (tertiary alicyclic amines) is 1. The van der Waals surface area contributed by atoms with E-state index in [-0.39, 0.29) is 5.91 Å². The van der Waals surface area contributed by atoms with Gasteiger partial charge in [0.15, 0.2) is 0 Å². The van der Waals surface area contributed by atoms with Gasteiger partial charge in [0, 0.05) is 18.4 Å². The normalized spacial score (nSPS) is 32.6. The molecule has 0 N–H and O–H groups in total. The summed E-state index contributed by atoms with van der Waals surface area (Å²) in [6.45, 7) is 0.830. The topological polar surface area (TPSA) is 69.7 Å². The molecule has 3 heterocycles. The minimum Gasteiger partial charge on any atom is -0.550 e. The van der Waals surface area contributed by atoms with Crippen molar-refractivity contribution < 1.29 is 19.4 Å². The Morgan fingerprint density at radius 3 is 2.88 bits per heavy atom. The van der Waals surface area contributed by atoms with Gasteiger partial charge in [0.05, 0.1) is 18.6 Å². The van der Waals surface area contributed by atoms with Crippen LogP contribution >= 0.6 is 0 Å². The lowest BCUT2D eigenvalue weighted by atomic mass is 9.77. The van der Waals surface area contributed by atoms with Gasteiger partial charge < -0.3 is 19.5 Å². The zero-order valence-electron chi connectivity index (χ0n) is 13.4. The average molecular weight is 334 g/mol. The number of carboxylic acids is 1. The van der Waals surface area contributed by atoms with E-state index in [9.17, 15) is 14.7 Å². The highest BCUT2D eigenvalue weighted by Gasteiger charge is 2.65. The molecule has 2 aromatic rings. The second-order valence-electron chi connectivity index (χ2n) is 7.05. The molecule has 0 radical (unpaired) electrons. The van der Waals surface area contributed by atoms with Crippen LogP contribution in [0.25, 0.3) is 10.8 Å². The highest BCUT2D eigenvalue weighted by atomic mass is 16.5. The van der Waals surface area contributed by atoms with E-state index in [0.717, 1.165) is 16.3 Å². The molecule has 2 aromatic carbocycles. The summed E-state index contributed by atoms with van der Waals surface area (Å²) in [6, 6.07) is 14.1. The number of nitrogens with zero attached hydrogens (tertiary/aromatic N) is 1. The van der Waals surface area contributed by atoms with Crippen molar-refractivity contribution in [2.24, 2.45) is 11.8 Å². The smallest absolute Gasteiger partial charge is 0.230 e. The van der Waals surface area contributed by atoms with Crippen molar-refractivity contribution in [2.45, 2.75) is 18.2 Å². The molecule has 4 atom stereocenters. The predicted molar refractivity (Wildman–Crippen MR) is 88.1 cm³/mol. The van der Waals surface area contributed by atoms with Crippen LogP contribution in [0.1, 0.15) is 5.56 Å². The summed E-state index contributed by atoms with van der Waals surface area (Å²) >= 11 is 0. The third-order valence-corrected chi connectivity index (χ3v) is 5.69. The number of hydrogen-bond acceptors (Lipinski definition) is 4. The predicted octanol–water partition coefficient (Wildman–Crippen LogP) is 0.872. The van der Waals surface area contributed by atoms with Crippen LogP contribution in [0.5, 0.6) is 0 Å². The number of hydrogen-bond donors (Lipinski definition) is 0. The van der Waals surface area contributed by atoms with E-state index >= 15 is 0 Å². The van der Waals surface area contributed by atoms with Gasteiger partial charge in [-0.1, -0.05) is 54.6 Å². The van der Waals surface area contributed by atoms with Crippen LogP contribution in [0.15, 0.2) is 54.6 Å². The number of rotatable bonds is 3. The zero-order chi connectivity index (χ0) is 17.2. The number of benzene rings is 2. The van der Waals surface area contributed by atoms with Crippen molar-refractivity contribution in [3.8, 4) is 0 Å². The number of ether oxygens (including phenoxy) is 1. The molecule has 1 amide bonds. The molecule has 0 unspecified atom stereocenters. The molecule has 2 bridgehead atoms. The second-order valence-corrected chi connectivity index (χ2v) is 7.05. The Kier molecular flexibility index (Phi) is 2.89. The van der Waals surface area contributed by atoms with Crippen LogP contribution in [-0.4, -0.2) is 35.0 Å². The maximum atomic E-state index is 12.9. The van der Waals surface area contributed by atoms with Crippen LogP contribution in [0.4, 0.5) is 0 Å². The Bertz CT molecular complexity index is 931. The Morgan fingerprint density at radius 2 is 2.04 bits per heavy atom. The Morgan fingerprint density at radius 1 is 1.24 bits per heavy atom. The Labute approximate surface area is 144 Å². The summed E-state index contributed by atoms with van der Waals surface area (Å²) in [5.41, 5.74) is 0.239. The van der Waals surface area contributed by atoms with Gasteiger partial charge in [-0.05, 0) is 16.3 Å². The first kappa shape index (κ1) is 14.7. The molecule has 3 aliphatic heterocycles. The molecule has 0 aliphatic carbocycles. The van der Waals surface area contributed by atoms with Crippen LogP contribution < -0.4 is 5.11 Å². The van der Waals surface area contributed by atoms with Gasteiger partial charge in [-0.25, -0.2) is 0 Å². The first-order chi connectivity index (χ1) is 12.1. The molecule has 25 heavy (non-hydrogen) atoms. The molecule has 1 spiro atoms. The van der Waals surface area contributed by atoms with E-state index in [1.165, 1.54) is 0 Å². The van der Waals surface area contributed by atoms with E-state index in [1.54, 1.807) is 11.0 Å². The molecule has 3 aliphatic rings. The van der Waals surface area contributed by atoms with Gasteiger partial charge in [0.25, 0.3) is 0 Å². The summed E-state index contributed by atoms with van der Waals surface area (Å²) in [4.78, 5) is 26.2. The SMILES string of the molecule is O=C([O-])[C@H]1[C@@H]2C=C[C@]3(CN(Cc4cccc5ccccc45)C(=O)[C@@H]13)O2. The number of carbonyl (C=O) groups excluding carboxylic acids is 2. The van der Waals surface area contributed by atoms with E-state index in [4.69, 9.17) is 4.74 Å². The molecule has 5 nitrogen and oxygen atoms in total. The summed E-state index contributed by atoms with van der Waals surface area (Å²) in [7, 11) is 0. The van der Waals surface area contributed by atoms with Crippen LogP contribution in [0.3, 0.4) is 0 Å². The molecular weight excluding hydrogens is 318 g/mol. The van der Waals surface area contributed by atoms with E-state index in [0.29, 0.717) is 13.1 Å². The number of carbonyl (C=O) groups is 2. The molecular formula is C20H16NO4-. The summed E-state index contributed by atoms with van der Waals surface area (Å²) in [5, 5.41) is 13.7. The number of aliphatic carboxylic acids is 1. The second kappa shape index (κ2) is 4.92. The fraction of sp³-hybridized carbons (Fsp3) is 0.300. The fourth-order valence-corrected chi connectivity index (χ4v) is 4.62. The molecule has 2 saturated heterocycles. The molecule has 0 aromatic heterocycles.